The molecule has 0 aliphatic carbocycles. The van der Waals surface area contributed by atoms with Gasteiger partial charge in [0.05, 0.1) is 7.11 Å². The number of nitrogens with zero attached hydrogens (tertiary/aromatic N) is 1. The molecule has 1 N–H and O–H groups in total. The highest BCUT2D eigenvalue weighted by molar-refractivity contribution is 7.92. The molecule has 11 heteroatoms. The predicted octanol–water partition coefficient (Wildman–Crippen LogP) is 2.24. The topological polar surface area (TPSA) is 75.7 Å². The van der Waals surface area contributed by atoms with E-state index in [0.717, 1.165) is 6.07 Å². The fraction of sp³-hybridized carbons (Fsp3) is 0.615. The third-order valence-electron chi connectivity index (χ3n) is 3.68. The third kappa shape index (κ3) is 4.91. The largest absolute Gasteiger partial charge is 0.425 e. The maximum atomic E-state index is 12.5. The fourth-order valence-corrected chi connectivity index (χ4v) is 4.59. The Balaban J connectivity index is 1.94. The normalized spacial score (nSPS) is 17.8. The molecule has 1 saturated heterocycles. The molecule has 2 heterocycles. The van der Waals surface area contributed by atoms with Crippen LogP contribution in [0.25, 0.3) is 0 Å². The average molecular weight is 386 g/mol. The van der Waals surface area contributed by atoms with Gasteiger partial charge in [0.1, 0.15) is 9.09 Å². The van der Waals surface area contributed by atoms with E-state index in [9.17, 15) is 26.4 Å². The van der Waals surface area contributed by atoms with Gasteiger partial charge in [0.15, 0.2) is 0 Å². The lowest BCUT2D eigenvalue weighted by molar-refractivity contribution is -0.149. The van der Waals surface area contributed by atoms with Crippen molar-refractivity contribution in [2.75, 3.05) is 20.2 Å². The van der Waals surface area contributed by atoms with Crippen molar-refractivity contribution in [3.63, 3.8) is 0 Å². The first-order chi connectivity index (χ1) is 11.1. The van der Waals surface area contributed by atoms with E-state index in [0.29, 0.717) is 32.0 Å². The number of alkyl halides is 3. The van der Waals surface area contributed by atoms with Gasteiger partial charge in [-0.05, 0) is 30.9 Å². The number of nitrogens with one attached hydrogen (secondary N) is 1. The highest BCUT2D eigenvalue weighted by Gasteiger charge is 2.34. The SMILES string of the molecule is CON1CCC(CC(=O)NS(=O)(=O)c2ccc(C(F)(F)F)s2)CC1. The summed E-state index contributed by atoms with van der Waals surface area (Å²) in [7, 11) is -2.73. The smallest absolute Gasteiger partial charge is 0.302 e. The lowest BCUT2D eigenvalue weighted by Crippen LogP contribution is -2.36. The number of amides is 1. The Labute approximate surface area is 141 Å². The van der Waals surface area contributed by atoms with E-state index in [4.69, 9.17) is 4.84 Å². The van der Waals surface area contributed by atoms with Crippen LogP contribution in [-0.2, 0) is 25.8 Å². The molecular weight excluding hydrogens is 369 g/mol. The molecule has 0 spiro atoms. The molecular formula is C13H17F3N2O4S2. The van der Waals surface area contributed by atoms with E-state index in [-0.39, 0.29) is 23.7 Å². The van der Waals surface area contributed by atoms with Crippen LogP contribution in [-0.4, -0.2) is 39.6 Å². The summed E-state index contributed by atoms with van der Waals surface area (Å²) >= 11 is 0.0872. The number of piperidine rings is 1. The zero-order valence-corrected chi connectivity index (χ0v) is 14.4. The molecule has 0 radical (unpaired) electrons. The molecule has 1 amide bonds. The van der Waals surface area contributed by atoms with Crippen molar-refractivity contribution in [2.45, 2.75) is 29.6 Å². The Hall–Kier alpha value is -1.17. The second-order valence-electron chi connectivity index (χ2n) is 5.40. The summed E-state index contributed by atoms with van der Waals surface area (Å²) in [6.45, 7) is 1.28. The Bertz CT molecular complexity index is 680. The lowest BCUT2D eigenvalue weighted by atomic mass is 9.94. The lowest BCUT2D eigenvalue weighted by Gasteiger charge is -2.29. The number of hydrogen-bond donors (Lipinski definition) is 1. The second kappa shape index (κ2) is 7.38. The molecule has 1 aromatic rings. The van der Waals surface area contributed by atoms with Crippen LogP contribution in [0.2, 0.25) is 0 Å². The molecule has 0 unspecified atom stereocenters. The summed E-state index contributed by atoms with van der Waals surface area (Å²) in [6.07, 6.45) is -3.25. The van der Waals surface area contributed by atoms with Gasteiger partial charge in [0, 0.05) is 19.5 Å². The van der Waals surface area contributed by atoms with E-state index < -0.39 is 31.2 Å². The van der Waals surface area contributed by atoms with Crippen LogP contribution in [0.1, 0.15) is 24.1 Å². The van der Waals surface area contributed by atoms with Crippen molar-refractivity contribution in [3.8, 4) is 0 Å². The molecule has 24 heavy (non-hydrogen) atoms. The molecule has 0 aromatic carbocycles. The van der Waals surface area contributed by atoms with Crippen LogP contribution < -0.4 is 4.72 Å². The highest BCUT2D eigenvalue weighted by Crippen LogP contribution is 2.36. The van der Waals surface area contributed by atoms with Crippen LogP contribution in [0.5, 0.6) is 0 Å². The first kappa shape index (κ1) is 19.2. The summed E-state index contributed by atoms with van der Waals surface area (Å²) in [5, 5.41) is 1.75. The van der Waals surface area contributed by atoms with Crippen molar-refractivity contribution >= 4 is 27.3 Å². The average Bonchev–Trinajstić information content (AvgIpc) is 2.98. The van der Waals surface area contributed by atoms with Crippen LogP contribution >= 0.6 is 11.3 Å². The molecule has 1 aromatic heterocycles. The minimum absolute atomic E-state index is 0.00822. The number of rotatable bonds is 5. The molecule has 2 rings (SSSR count). The van der Waals surface area contributed by atoms with Crippen LogP contribution in [0.15, 0.2) is 16.3 Å². The standard InChI is InChI=1S/C13H17F3N2O4S2/c1-22-18-6-4-9(5-7-18)8-11(19)17-24(20,21)12-3-2-10(23-12)13(14,15)16/h2-3,9H,4-8H2,1H3,(H,17,19). The maximum Gasteiger partial charge on any atom is 0.425 e. The molecule has 6 nitrogen and oxygen atoms in total. The first-order valence-electron chi connectivity index (χ1n) is 7.13. The Morgan fingerprint density at radius 2 is 2.00 bits per heavy atom. The molecule has 1 aliphatic heterocycles. The van der Waals surface area contributed by atoms with Crippen molar-refractivity contribution < 1.29 is 31.2 Å². The molecule has 0 atom stereocenters. The summed E-state index contributed by atoms with van der Waals surface area (Å²) in [5.41, 5.74) is 0. The summed E-state index contributed by atoms with van der Waals surface area (Å²) in [4.78, 5) is 15.9. The monoisotopic (exact) mass is 386 g/mol. The van der Waals surface area contributed by atoms with Crippen LogP contribution in [0, 0.1) is 5.92 Å². The van der Waals surface area contributed by atoms with Gasteiger partial charge in [0.2, 0.25) is 5.91 Å². The fourth-order valence-electron chi connectivity index (χ4n) is 2.42. The Morgan fingerprint density at radius 1 is 1.38 bits per heavy atom. The summed E-state index contributed by atoms with van der Waals surface area (Å²) < 4.78 is 62.9. The third-order valence-corrected chi connectivity index (χ3v) is 6.67. The predicted molar refractivity (Wildman–Crippen MR) is 80.6 cm³/mol. The van der Waals surface area contributed by atoms with E-state index in [1.54, 1.807) is 12.2 Å². The van der Waals surface area contributed by atoms with Gasteiger partial charge in [0.25, 0.3) is 10.0 Å². The number of carbonyl (C=O) groups excluding carboxylic acids is 1. The minimum atomic E-state index is -4.61. The van der Waals surface area contributed by atoms with E-state index in [1.807, 2.05) is 4.72 Å². The quantitative estimate of drug-likeness (QED) is 0.840. The number of hydrogen-bond acceptors (Lipinski definition) is 6. The van der Waals surface area contributed by atoms with Gasteiger partial charge < -0.3 is 4.84 Å². The summed E-state index contributed by atoms with van der Waals surface area (Å²) in [5.74, 6) is -0.700. The van der Waals surface area contributed by atoms with Crippen LogP contribution in [0.4, 0.5) is 13.2 Å². The van der Waals surface area contributed by atoms with Crippen molar-refractivity contribution in [3.05, 3.63) is 17.0 Å². The molecule has 1 fully saturated rings. The number of carbonyl (C=O) groups is 1. The van der Waals surface area contributed by atoms with Gasteiger partial charge >= 0.3 is 6.18 Å². The summed E-state index contributed by atoms with van der Waals surface area (Å²) in [6, 6.07) is 1.53. The van der Waals surface area contributed by atoms with Gasteiger partial charge in [-0.1, -0.05) is 0 Å². The van der Waals surface area contributed by atoms with Gasteiger partial charge in [-0.2, -0.15) is 18.2 Å². The zero-order chi connectivity index (χ0) is 18.0. The molecule has 0 saturated carbocycles. The van der Waals surface area contributed by atoms with E-state index >= 15 is 0 Å². The van der Waals surface area contributed by atoms with Gasteiger partial charge in [-0.25, -0.2) is 13.1 Å². The van der Waals surface area contributed by atoms with E-state index in [1.165, 1.54) is 0 Å². The number of hydroxylamine groups is 2. The second-order valence-corrected chi connectivity index (χ2v) is 8.40. The zero-order valence-electron chi connectivity index (χ0n) is 12.8. The van der Waals surface area contributed by atoms with Crippen molar-refractivity contribution in [2.24, 2.45) is 5.92 Å². The molecule has 0 bridgehead atoms. The molecule has 1 aliphatic rings. The van der Waals surface area contributed by atoms with Crippen molar-refractivity contribution in [1.82, 2.24) is 9.79 Å². The number of sulfonamides is 1. The number of thiophene rings is 1. The van der Waals surface area contributed by atoms with Crippen molar-refractivity contribution in [1.29, 1.82) is 0 Å². The highest BCUT2D eigenvalue weighted by atomic mass is 32.2. The Kier molecular flexibility index (Phi) is 5.89. The van der Waals surface area contributed by atoms with Gasteiger partial charge in [-0.15, -0.1) is 11.3 Å². The van der Waals surface area contributed by atoms with E-state index in [2.05, 4.69) is 0 Å². The molecule has 136 valence electrons. The maximum absolute atomic E-state index is 12.5. The van der Waals surface area contributed by atoms with Crippen LogP contribution in [0.3, 0.4) is 0 Å². The van der Waals surface area contributed by atoms with Gasteiger partial charge in [-0.3, -0.25) is 4.79 Å². The minimum Gasteiger partial charge on any atom is -0.302 e. The number of halogens is 3. The first-order valence-corrected chi connectivity index (χ1v) is 9.43. The Morgan fingerprint density at radius 3 is 2.50 bits per heavy atom.